The third-order valence-corrected chi connectivity index (χ3v) is 5.93. The molecule has 3 N–H and O–H groups in total. The van der Waals surface area contributed by atoms with Crippen LogP contribution in [0.2, 0.25) is 5.15 Å². The Bertz CT molecular complexity index is 1110. The van der Waals surface area contributed by atoms with Gasteiger partial charge in [-0.1, -0.05) is 60.1 Å². The van der Waals surface area contributed by atoms with Crippen LogP contribution in [-0.2, 0) is 27.8 Å². The number of sulfonamides is 1. The Labute approximate surface area is 179 Å². The lowest BCUT2D eigenvalue weighted by Gasteiger charge is -2.17. The van der Waals surface area contributed by atoms with Gasteiger partial charge in [0.05, 0.1) is 16.3 Å². The fourth-order valence-corrected chi connectivity index (χ4v) is 4.10. The molecule has 2 aromatic carbocycles. The molecule has 3 rings (SSSR count). The second-order valence-electron chi connectivity index (χ2n) is 6.51. The number of hydrogen-bond donors (Lipinski definition) is 3. The zero-order chi connectivity index (χ0) is 21.6. The molecule has 1 aromatic heterocycles. The fourth-order valence-electron chi connectivity index (χ4n) is 2.82. The summed E-state index contributed by atoms with van der Waals surface area (Å²) in [7, 11) is -3.83. The highest BCUT2D eigenvalue weighted by Gasteiger charge is 2.20. The van der Waals surface area contributed by atoms with Gasteiger partial charge in [0, 0.05) is 6.54 Å². The molecule has 30 heavy (non-hydrogen) atoms. The van der Waals surface area contributed by atoms with E-state index >= 15 is 0 Å². The molecule has 0 radical (unpaired) electrons. The van der Waals surface area contributed by atoms with E-state index in [4.69, 9.17) is 11.6 Å². The Hall–Kier alpha value is -2.94. The number of carboxylic acid groups (broad SMARTS) is 1. The molecule has 0 unspecified atom stereocenters. The minimum atomic E-state index is -3.83. The number of halogens is 1. The van der Waals surface area contributed by atoms with Crippen LogP contribution in [0.5, 0.6) is 0 Å². The number of rotatable bonds is 9. The molecule has 0 aliphatic rings. The second kappa shape index (κ2) is 9.71. The summed E-state index contributed by atoms with van der Waals surface area (Å²) in [6.45, 7) is 0.0109. The van der Waals surface area contributed by atoms with Crippen LogP contribution < -0.4 is 10.0 Å². The number of pyridine rings is 1. The first-order valence-electron chi connectivity index (χ1n) is 9.08. The van der Waals surface area contributed by atoms with Crippen molar-refractivity contribution >= 4 is 33.3 Å². The zero-order valence-electron chi connectivity index (χ0n) is 15.8. The minimum absolute atomic E-state index is 0.0109. The summed E-state index contributed by atoms with van der Waals surface area (Å²) in [5.41, 5.74) is 1.38. The van der Waals surface area contributed by atoms with E-state index in [1.54, 1.807) is 18.2 Å². The van der Waals surface area contributed by atoms with Crippen molar-refractivity contribution in [3.8, 4) is 0 Å². The van der Waals surface area contributed by atoms with E-state index in [9.17, 15) is 18.3 Å². The number of aliphatic carboxylic acids is 1. The molecule has 1 atom stereocenters. The van der Waals surface area contributed by atoms with Crippen molar-refractivity contribution in [1.29, 1.82) is 0 Å². The number of nitrogens with one attached hydrogen (secondary N) is 2. The van der Waals surface area contributed by atoms with Gasteiger partial charge in [0.25, 0.3) is 10.0 Å². The van der Waals surface area contributed by atoms with E-state index < -0.39 is 22.0 Å². The van der Waals surface area contributed by atoms with Crippen LogP contribution in [0.3, 0.4) is 0 Å². The molecule has 0 fully saturated rings. The maximum Gasteiger partial charge on any atom is 0.321 e. The molecular weight excluding hydrogens is 426 g/mol. The fraction of sp³-hybridized carbons (Fsp3) is 0.143. The normalized spacial score (nSPS) is 12.3. The summed E-state index contributed by atoms with van der Waals surface area (Å²) in [5, 5.41) is 12.6. The summed E-state index contributed by atoms with van der Waals surface area (Å²) in [6.07, 6.45) is 0.266. The molecule has 156 valence electrons. The lowest BCUT2D eigenvalue weighted by atomic mass is 10.1. The van der Waals surface area contributed by atoms with Gasteiger partial charge >= 0.3 is 5.97 Å². The first kappa shape index (κ1) is 21.8. The highest BCUT2D eigenvalue weighted by atomic mass is 35.5. The van der Waals surface area contributed by atoms with Gasteiger partial charge in [0.15, 0.2) is 0 Å². The Morgan fingerprint density at radius 3 is 2.27 bits per heavy atom. The lowest BCUT2D eigenvalue weighted by Crippen LogP contribution is -2.38. The zero-order valence-corrected chi connectivity index (χ0v) is 17.4. The van der Waals surface area contributed by atoms with Gasteiger partial charge in [0.1, 0.15) is 11.2 Å². The molecule has 0 aliphatic heterocycles. The SMILES string of the molecule is O=C(O)[C@H](Cc1ccccc1)NCc1nc(Cl)ccc1NS(=O)(=O)c1ccccc1. The first-order valence-corrected chi connectivity index (χ1v) is 10.9. The lowest BCUT2D eigenvalue weighted by molar-refractivity contribution is -0.139. The van der Waals surface area contributed by atoms with Crippen LogP contribution in [0.15, 0.2) is 77.7 Å². The summed E-state index contributed by atoms with van der Waals surface area (Å²) in [4.78, 5) is 15.9. The number of carbonyl (C=O) groups is 1. The Morgan fingerprint density at radius 1 is 1.00 bits per heavy atom. The van der Waals surface area contributed by atoms with Crippen molar-refractivity contribution in [3.63, 3.8) is 0 Å². The van der Waals surface area contributed by atoms with E-state index in [2.05, 4.69) is 15.0 Å². The average Bonchev–Trinajstić information content (AvgIpc) is 2.74. The summed E-state index contributed by atoms with van der Waals surface area (Å²) >= 11 is 5.98. The minimum Gasteiger partial charge on any atom is -0.480 e. The maximum atomic E-state index is 12.6. The molecule has 0 aliphatic carbocycles. The van der Waals surface area contributed by atoms with Gasteiger partial charge < -0.3 is 5.11 Å². The van der Waals surface area contributed by atoms with Crippen molar-refractivity contribution < 1.29 is 18.3 Å². The summed E-state index contributed by atoms with van der Waals surface area (Å²) in [5.74, 6) is -1.02. The monoisotopic (exact) mass is 445 g/mol. The summed E-state index contributed by atoms with van der Waals surface area (Å²) in [6, 6.07) is 19.2. The predicted molar refractivity (Wildman–Crippen MR) is 115 cm³/mol. The number of hydrogen-bond acceptors (Lipinski definition) is 5. The van der Waals surface area contributed by atoms with Crippen molar-refractivity contribution in [2.45, 2.75) is 23.9 Å². The maximum absolute atomic E-state index is 12.6. The van der Waals surface area contributed by atoms with Crippen LogP contribution in [0.1, 0.15) is 11.3 Å². The van der Waals surface area contributed by atoms with Crippen molar-refractivity contribution in [1.82, 2.24) is 10.3 Å². The van der Waals surface area contributed by atoms with Crippen LogP contribution in [0.4, 0.5) is 5.69 Å². The highest BCUT2D eigenvalue weighted by Crippen LogP contribution is 2.21. The van der Waals surface area contributed by atoms with Gasteiger partial charge in [-0.15, -0.1) is 0 Å². The molecule has 9 heteroatoms. The molecule has 0 saturated carbocycles. The number of anilines is 1. The topological polar surface area (TPSA) is 108 Å². The van der Waals surface area contributed by atoms with E-state index in [0.717, 1.165) is 5.56 Å². The van der Waals surface area contributed by atoms with Crippen LogP contribution in [0, 0.1) is 0 Å². The van der Waals surface area contributed by atoms with E-state index in [-0.39, 0.29) is 28.7 Å². The Kier molecular flexibility index (Phi) is 7.04. The third kappa shape index (κ3) is 5.79. The van der Waals surface area contributed by atoms with Crippen LogP contribution in [-0.4, -0.2) is 30.5 Å². The van der Waals surface area contributed by atoms with E-state index in [0.29, 0.717) is 5.69 Å². The molecular formula is C21H20ClN3O4S. The highest BCUT2D eigenvalue weighted by molar-refractivity contribution is 7.92. The third-order valence-electron chi connectivity index (χ3n) is 4.33. The van der Waals surface area contributed by atoms with E-state index in [1.807, 2.05) is 30.3 Å². The number of nitrogens with zero attached hydrogens (tertiary/aromatic N) is 1. The largest absolute Gasteiger partial charge is 0.480 e. The van der Waals surface area contributed by atoms with Crippen molar-refractivity contribution in [2.75, 3.05) is 4.72 Å². The molecule has 0 saturated heterocycles. The molecule has 0 spiro atoms. The van der Waals surface area contributed by atoms with E-state index in [1.165, 1.54) is 24.3 Å². The van der Waals surface area contributed by atoms with Gasteiger partial charge in [-0.05, 0) is 36.2 Å². The summed E-state index contributed by atoms with van der Waals surface area (Å²) < 4.78 is 27.8. The Balaban J connectivity index is 1.78. The molecule has 7 nitrogen and oxygen atoms in total. The Morgan fingerprint density at radius 2 is 1.63 bits per heavy atom. The number of benzene rings is 2. The van der Waals surface area contributed by atoms with Gasteiger partial charge in [-0.2, -0.15) is 0 Å². The molecule has 1 heterocycles. The van der Waals surface area contributed by atoms with Crippen LogP contribution >= 0.6 is 11.6 Å². The number of carboxylic acids is 1. The molecule has 0 bridgehead atoms. The van der Waals surface area contributed by atoms with Gasteiger partial charge in [-0.3, -0.25) is 14.8 Å². The standard InChI is InChI=1S/C21H20ClN3O4S/c22-20-12-11-17(25-30(28,29)16-9-5-2-6-10-16)19(24-20)14-23-18(21(26)27)13-15-7-3-1-4-8-15/h1-12,18,23,25H,13-14H2,(H,26,27)/t18-/m0/s1. The van der Waals surface area contributed by atoms with Gasteiger partial charge in [0.2, 0.25) is 0 Å². The molecule has 0 amide bonds. The average molecular weight is 446 g/mol. The van der Waals surface area contributed by atoms with Crippen LogP contribution in [0.25, 0.3) is 0 Å². The quantitative estimate of drug-likeness (QED) is 0.436. The molecule has 3 aromatic rings. The number of aromatic nitrogens is 1. The van der Waals surface area contributed by atoms with Crippen molar-refractivity contribution in [2.24, 2.45) is 0 Å². The van der Waals surface area contributed by atoms with Gasteiger partial charge in [-0.25, -0.2) is 13.4 Å². The second-order valence-corrected chi connectivity index (χ2v) is 8.58. The predicted octanol–water partition coefficient (Wildman–Crippen LogP) is 3.32. The first-order chi connectivity index (χ1) is 14.3. The smallest absolute Gasteiger partial charge is 0.321 e. The van der Waals surface area contributed by atoms with Crippen molar-refractivity contribution in [3.05, 3.63) is 89.2 Å².